The average Bonchev–Trinajstić information content (AvgIpc) is 3.33. The fraction of sp³-hybridized carbons (Fsp3) is 0.887. The zero-order chi connectivity index (χ0) is 49.6. The molecule has 2 heterocycles. The minimum atomic E-state index is -1.76. The Bertz CT molecular complexity index is 1280. The molecule has 2 fully saturated rings. The van der Waals surface area contributed by atoms with Gasteiger partial charge >= 0.3 is 11.9 Å². The third-order valence-corrected chi connectivity index (χ3v) is 12.9. The summed E-state index contributed by atoms with van der Waals surface area (Å²) < 4.78 is 33.6. The molecule has 2 aliphatic rings. The fourth-order valence-corrected chi connectivity index (χ4v) is 8.48. The zero-order valence-electron chi connectivity index (χ0n) is 42.1. The van der Waals surface area contributed by atoms with Crippen molar-refractivity contribution in [2.75, 3.05) is 26.4 Å². The van der Waals surface area contributed by atoms with Crippen molar-refractivity contribution in [3.05, 3.63) is 24.3 Å². The van der Waals surface area contributed by atoms with Crippen molar-refractivity contribution in [1.29, 1.82) is 0 Å². The quantitative estimate of drug-likeness (QED) is 0.0175. The smallest absolute Gasteiger partial charge is 0.306 e. The molecule has 4 unspecified atom stereocenters. The van der Waals surface area contributed by atoms with Crippen LogP contribution in [-0.4, -0.2) is 142 Å². The average molecular weight is 973 g/mol. The lowest BCUT2D eigenvalue weighted by atomic mass is 9.98. The van der Waals surface area contributed by atoms with Crippen LogP contribution in [-0.2, 0) is 38.0 Å². The van der Waals surface area contributed by atoms with Crippen molar-refractivity contribution in [3.8, 4) is 0 Å². The van der Waals surface area contributed by atoms with E-state index in [0.717, 1.165) is 64.2 Å². The van der Waals surface area contributed by atoms with Crippen molar-refractivity contribution in [2.45, 2.75) is 274 Å². The second-order valence-corrected chi connectivity index (χ2v) is 19.1. The molecule has 11 atom stereocenters. The number of aliphatic hydroxyl groups is 7. The standard InChI is InChI=1S/C53H96O15/c1-3-5-7-9-11-13-15-17-19-20-22-24-26-28-30-32-34-36-45(56)66-41(38-63-44(55)35-33-31-29-27-25-23-21-18-16-14-12-10-8-6-4-2)39-64-52-51(62)49(60)47(58)43(68-52)40-65-53-50(61)48(59)46(57)42(37-54)67-53/h12,14,18,21,41-43,46-54,57-62H,3-11,13,15-17,19-20,22-40H2,1-2H3/b14-12+,21-18+/t41-,42+,43+,46-,47-,48?,49?,50?,51?,52+,53+/m1/s1. The first kappa shape index (κ1) is 62.1. The normalized spacial score (nSPS) is 25.9. The lowest BCUT2D eigenvalue weighted by Gasteiger charge is -2.42. The summed E-state index contributed by atoms with van der Waals surface area (Å²) in [4.78, 5) is 25.8. The van der Waals surface area contributed by atoms with E-state index in [-0.39, 0.29) is 26.1 Å². The van der Waals surface area contributed by atoms with Gasteiger partial charge in [-0.3, -0.25) is 9.59 Å². The molecule has 0 aromatic heterocycles. The molecule has 0 aromatic carbocycles. The lowest BCUT2D eigenvalue weighted by molar-refractivity contribution is -0.332. The molecule has 15 heteroatoms. The molecule has 2 aliphatic heterocycles. The van der Waals surface area contributed by atoms with Crippen LogP contribution < -0.4 is 0 Å². The van der Waals surface area contributed by atoms with Crippen LogP contribution in [0.4, 0.5) is 0 Å². The van der Waals surface area contributed by atoms with E-state index in [1.807, 2.05) is 0 Å². The second kappa shape index (κ2) is 40.6. The molecule has 0 bridgehead atoms. The van der Waals surface area contributed by atoms with Crippen LogP contribution in [0.3, 0.4) is 0 Å². The van der Waals surface area contributed by atoms with Crippen LogP contribution in [0.2, 0.25) is 0 Å². The molecule has 7 N–H and O–H groups in total. The van der Waals surface area contributed by atoms with Crippen LogP contribution >= 0.6 is 0 Å². The van der Waals surface area contributed by atoms with Crippen LogP contribution in [0.15, 0.2) is 24.3 Å². The van der Waals surface area contributed by atoms with Gasteiger partial charge in [-0.25, -0.2) is 0 Å². The number of carbonyl (C=O) groups is 2. The topological polar surface area (TPSA) is 231 Å². The van der Waals surface area contributed by atoms with E-state index >= 15 is 0 Å². The molecule has 0 radical (unpaired) electrons. The number of allylic oxidation sites excluding steroid dienone is 4. The molecule has 0 saturated carbocycles. The van der Waals surface area contributed by atoms with Gasteiger partial charge in [0.1, 0.15) is 55.4 Å². The van der Waals surface area contributed by atoms with Crippen LogP contribution in [0.5, 0.6) is 0 Å². The molecule has 0 amide bonds. The number of hydrogen-bond acceptors (Lipinski definition) is 15. The third-order valence-electron chi connectivity index (χ3n) is 12.9. The number of ether oxygens (including phenoxy) is 6. The molecule has 398 valence electrons. The summed E-state index contributed by atoms with van der Waals surface area (Å²) in [5.41, 5.74) is 0. The SMILES string of the molecule is CCCCC/C=C/C/C=C/CCCCCCCC(=O)OC[C@H](CO[C@H]1O[C@@H](CO[C@H]2O[C@@H](CO)[C@@H](O)C(O)C2O)[C@@H](O)C(O)C1O)OC(=O)CCCCCCCCCCCCCCCCCCC. The Morgan fingerprint density at radius 3 is 1.40 bits per heavy atom. The number of rotatable bonds is 42. The minimum absolute atomic E-state index is 0.167. The van der Waals surface area contributed by atoms with Crippen LogP contribution in [0.25, 0.3) is 0 Å². The first-order chi connectivity index (χ1) is 33.0. The van der Waals surface area contributed by atoms with Gasteiger partial charge in [-0.2, -0.15) is 0 Å². The van der Waals surface area contributed by atoms with Crippen molar-refractivity contribution >= 4 is 11.9 Å². The number of carbonyl (C=O) groups excluding carboxylic acids is 2. The van der Waals surface area contributed by atoms with E-state index in [4.69, 9.17) is 28.4 Å². The maximum absolute atomic E-state index is 13.0. The lowest BCUT2D eigenvalue weighted by Crippen LogP contribution is -2.61. The Balaban J connectivity index is 1.79. The van der Waals surface area contributed by atoms with Crippen molar-refractivity contribution in [3.63, 3.8) is 0 Å². The first-order valence-electron chi connectivity index (χ1n) is 26.9. The minimum Gasteiger partial charge on any atom is -0.462 e. The van der Waals surface area contributed by atoms with E-state index < -0.39 is 92.7 Å². The van der Waals surface area contributed by atoms with E-state index in [9.17, 15) is 45.3 Å². The van der Waals surface area contributed by atoms with Gasteiger partial charge in [-0.1, -0.05) is 173 Å². The van der Waals surface area contributed by atoms with E-state index in [2.05, 4.69) is 38.2 Å². The predicted molar refractivity (Wildman–Crippen MR) is 261 cm³/mol. The van der Waals surface area contributed by atoms with Crippen LogP contribution in [0, 0.1) is 0 Å². The van der Waals surface area contributed by atoms with Crippen molar-refractivity contribution < 1.29 is 73.8 Å². The van der Waals surface area contributed by atoms with Gasteiger partial charge < -0.3 is 64.2 Å². The highest BCUT2D eigenvalue weighted by molar-refractivity contribution is 5.70. The molecule has 0 aromatic rings. The number of unbranched alkanes of at least 4 members (excludes halogenated alkanes) is 24. The predicted octanol–water partition coefficient (Wildman–Crippen LogP) is 7.94. The number of esters is 2. The summed E-state index contributed by atoms with van der Waals surface area (Å²) in [6.45, 7) is 2.57. The van der Waals surface area contributed by atoms with Gasteiger partial charge in [-0.15, -0.1) is 0 Å². The van der Waals surface area contributed by atoms with E-state index in [0.29, 0.717) is 12.8 Å². The third kappa shape index (κ3) is 28.1. The molecular weight excluding hydrogens is 877 g/mol. The van der Waals surface area contributed by atoms with Gasteiger partial charge in [0.2, 0.25) is 0 Å². The van der Waals surface area contributed by atoms with Gasteiger partial charge in [0.05, 0.1) is 19.8 Å². The Morgan fingerprint density at radius 1 is 0.471 bits per heavy atom. The molecule has 0 aliphatic carbocycles. The first-order valence-corrected chi connectivity index (χ1v) is 26.9. The van der Waals surface area contributed by atoms with Crippen molar-refractivity contribution in [2.24, 2.45) is 0 Å². The Hall–Kier alpha value is -2.02. The maximum atomic E-state index is 13.0. The summed E-state index contributed by atoms with van der Waals surface area (Å²) in [6, 6.07) is 0. The summed E-state index contributed by atoms with van der Waals surface area (Å²) in [5, 5.41) is 72.1. The molecule has 68 heavy (non-hydrogen) atoms. The number of aliphatic hydroxyl groups excluding tert-OH is 7. The largest absolute Gasteiger partial charge is 0.462 e. The Kier molecular flexibility index (Phi) is 37.0. The Morgan fingerprint density at radius 2 is 0.882 bits per heavy atom. The molecule has 0 spiro atoms. The Labute approximate surface area is 409 Å². The molecule has 2 saturated heterocycles. The molecule has 2 rings (SSSR count). The summed E-state index contributed by atoms with van der Waals surface area (Å²) in [7, 11) is 0. The summed E-state index contributed by atoms with van der Waals surface area (Å²) in [5.74, 6) is -0.932. The van der Waals surface area contributed by atoms with E-state index in [1.165, 1.54) is 103 Å². The van der Waals surface area contributed by atoms with E-state index in [1.54, 1.807) is 0 Å². The fourth-order valence-electron chi connectivity index (χ4n) is 8.48. The maximum Gasteiger partial charge on any atom is 0.306 e. The highest BCUT2D eigenvalue weighted by Crippen LogP contribution is 2.26. The summed E-state index contributed by atoms with van der Waals surface area (Å²) in [6.07, 6.45) is 24.8. The zero-order valence-corrected chi connectivity index (χ0v) is 42.1. The number of hydrogen-bond donors (Lipinski definition) is 7. The highest BCUT2D eigenvalue weighted by atomic mass is 16.7. The van der Waals surface area contributed by atoms with Crippen molar-refractivity contribution in [1.82, 2.24) is 0 Å². The monoisotopic (exact) mass is 973 g/mol. The van der Waals surface area contributed by atoms with Crippen LogP contribution in [0.1, 0.15) is 206 Å². The second-order valence-electron chi connectivity index (χ2n) is 19.1. The molecular formula is C53H96O15. The summed E-state index contributed by atoms with van der Waals surface area (Å²) >= 11 is 0. The highest BCUT2D eigenvalue weighted by Gasteiger charge is 2.47. The van der Waals surface area contributed by atoms with Gasteiger partial charge in [-0.05, 0) is 44.9 Å². The molecule has 15 nitrogen and oxygen atoms in total. The van der Waals surface area contributed by atoms with Gasteiger partial charge in [0, 0.05) is 12.8 Å². The van der Waals surface area contributed by atoms with Gasteiger partial charge in [0.15, 0.2) is 18.7 Å². The van der Waals surface area contributed by atoms with Gasteiger partial charge in [0.25, 0.3) is 0 Å².